The fourth-order valence-corrected chi connectivity index (χ4v) is 2.10. The van der Waals surface area contributed by atoms with Crippen LogP contribution in [0.2, 0.25) is 0 Å². The van der Waals surface area contributed by atoms with Crippen molar-refractivity contribution in [3.05, 3.63) is 78.1 Å². The van der Waals surface area contributed by atoms with Crippen LogP contribution in [0.3, 0.4) is 0 Å². The van der Waals surface area contributed by atoms with E-state index in [0.29, 0.717) is 11.3 Å². The summed E-state index contributed by atoms with van der Waals surface area (Å²) in [6.45, 7) is 0. The molecule has 0 spiro atoms. The van der Waals surface area contributed by atoms with Gasteiger partial charge in [0.2, 0.25) is 0 Å². The molecule has 0 aliphatic heterocycles. The van der Waals surface area contributed by atoms with Crippen LogP contribution in [0.4, 0.5) is 0 Å². The lowest BCUT2D eigenvalue weighted by molar-refractivity contribution is 0.441. The molecule has 116 valence electrons. The third kappa shape index (κ3) is 3.76. The number of phenols is 1. The number of rotatable bonds is 4. The molecule has 3 rings (SSSR count). The Kier molecular flexibility index (Phi) is 4.50. The second-order valence-electron chi connectivity index (χ2n) is 4.92. The molecule has 5 nitrogen and oxygen atoms in total. The third-order valence-electron chi connectivity index (χ3n) is 3.22. The Hall–Kier alpha value is -3.65. The van der Waals surface area contributed by atoms with E-state index in [2.05, 4.69) is 16.0 Å². The van der Waals surface area contributed by atoms with Crippen LogP contribution in [0.5, 0.6) is 17.5 Å². The smallest absolute Gasteiger partial charge is 0.321 e. The van der Waals surface area contributed by atoms with Crippen molar-refractivity contribution in [2.24, 2.45) is 0 Å². The predicted molar refractivity (Wildman–Crippen MR) is 90.1 cm³/mol. The maximum absolute atomic E-state index is 9.38. The van der Waals surface area contributed by atoms with Crippen molar-refractivity contribution in [1.29, 1.82) is 5.26 Å². The largest absolute Gasteiger partial charge is 0.508 e. The molecule has 1 N–H and O–H groups in total. The van der Waals surface area contributed by atoms with Gasteiger partial charge in [0.15, 0.2) is 0 Å². The summed E-state index contributed by atoms with van der Waals surface area (Å²) < 4.78 is 5.59. The van der Waals surface area contributed by atoms with E-state index in [1.54, 1.807) is 60.9 Å². The van der Waals surface area contributed by atoms with Gasteiger partial charge in [0, 0.05) is 12.4 Å². The molecule has 0 amide bonds. The lowest BCUT2D eigenvalue weighted by Gasteiger charge is -2.05. The minimum atomic E-state index is 0.161. The van der Waals surface area contributed by atoms with Crippen molar-refractivity contribution < 1.29 is 9.84 Å². The molecule has 3 aromatic rings. The molecule has 0 bridgehead atoms. The lowest BCUT2D eigenvalue weighted by Crippen LogP contribution is -1.90. The number of benzene rings is 2. The van der Waals surface area contributed by atoms with E-state index in [-0.39, 0.29) is 11.8 Å². The number of hydrogen-bond acceptors (Lipinski definition) is 5. The van der Waals surface area contributed by atoms with Gasteiger partial charge in [-0.1, -0.05) is 12.1 Å². The first-order valence-electron chi connectivity index (χ1n) is 7.21. The fraction of sp³-hybridized carbons (Fsp3) is 0. The molecule has 0 atom stereocenters. The fourth-order valence-electron chi connectivity index (χ4n) is 2.10. The average Bonchev–Trinajstić information content (AvgIpc) is 2.62. The molecule has 0 aliphatic rings. The summed E-state index contributed by atoms with van der Waals surface area (Å²) >= 11 is 0. The molecule has 0 saturated carbocycles. The second-order valence-corrected chi connectivity index (χ2v) is 4.92. The van der Waals surface area contributed by atoms with Gasteiger partial charge in [0.05, 0.1) is 11.6 Å². The van der Waals surface area contributed by atoms with E-state index >= 15 is 0 Å². The highest BCUT2D eigenvalue weighted by Gasteiger charge is 2.03. The summed E-state index contributed by atoms with van der Waals surface area (Å²) in [7, 11) is 0. The number of ether oxygens (including phenoxy) is 1. The van der Waals surface area contributed by atoms with Gasteiger partial charge in [0.1, 0.15) is 11.5 Å². The molecule has 0 fully saturated rings. The first-order chi connectivity index (χ1) is 11.7. The van der Waals surface area contributed by atoms with Crippen LogP contribution >= 0.6 is 0 Å². The molecule has 2 aromatic carbocycles. The summed E-state index contributed by atoms with van der Waals surface area (Å²) in [5.41, 5.74) is 2.03. The second kappa shape index (κ2) is 7.07. The van der Waals surface area contributed by atoms with E-state index < -0.39 is 0 Å². The molecule has 24 heavy (non-hydrogen) atoms. The third-order valence-corrected chi connectivity index (χ3v) is 3.22. The Balaban J connectivity index is 1.87. The van der Waals surface area contributed by atoms with Crippen molar-refractivity contribution in [1.82, 2.24) is 9.97 Å². The van der Waals surface area contributed by atoms with Gasteiger partial charge in [-0.05, 0) is 59.7 Å². The van der Waals surface area contributed by atoms with Gasteiger partial charge < -0.3 is 9.84 Å². The zero-order valence-corrected chi connectivity index (χ0v) is 12.6. The van der Waals surface area contributed by atoms with E-state index in [9.17, 15) is 10.4 Å². The summed E-state index contributed by atoms with van der Waals surface area (Å²) in [4.78, 5) is 8.02. The summed E-state index contributed by atoms with van der Waals surface area (Å²) in [5.74, 6) is 0.743. The van der Waals surface area contributed by atoms with Crippen molar-refractivity contribution in [2.75, 3.05) is 0 Å². The molecule has 0 unspecified atom stereocenters. The van der Waals surface area contributed by atoms with Crippen LogP contribution in [0.1, 0.15) is 11.1 Å². The van der Waals surface area contributed by atoms with Crippen LogP contribution in [0, 0.1) is 11.3 Å². The number of hydrogen-bond donors (Lipinski definition) is 1. The van der Waals surface area contributed by atoms with Gasteiger partial charge in [-0.3, -0.25) is 0 Å². The van der Waals surface area contributed by atoms with Gasteiger partial charge in [-0.15, -0.1) is 0 Å². The predicted octanol–water partition coefficient (Wildman–Crippen LogP) is 4.04. The maximum atomic E-state index is 9.38. The van der Waals surface area contributed by atoms with Crippen molar-refractivity contribution in [3.8, 4) is 23.6 Å². The zero-order chi connectivity index (χ0) is 16.8. The number of aromatic nitrogens is 2. The van der Waals surface area contributed by atoms with Crippen molar-refractivity contribution in [3.63, 3.8) is 0 Å². The van der Waals surface area contributed by atoms with Crippen LogP contribution in [0.15, 0.2) is 67.0 Å². The first-order valence-corrected chi connectivity index (χ1v) is 7.21. The molecule has 1 heterocycles. The van der Waals surface area contributed by atoms with E-state index in [1.807, 2.05) is 12.1 Å². The Bertz CT molecular complexity index is 898. The highest BCUT2D eigenvalue weighted by Crippen LogP contribution is 2.23. The standard InChI is InChI=1S/C19H13N3O2/c20-13-16(15-5-7-17(23)8-6-15)11-14-3-1-4-18(12-14)24-19-21-9-2-10-22-19/h1-12,23H/b16-11+. The monoisotopic (exact) mass is 315 g/mol. The number of phenolic OH excluding ortho intramolecular Hbond substituents is 1. The van der Waals surface area contributed by atoms with E-state index in [0.717, 1.165) is 11.1 Å². The number of nitrogens with zero attached hydrogens (tertiary/aromatic N) is 3. The Morgan fingerprint density at radius 2 is 1.79 bits per heavy atom. The Morgan fingerprint density at radius 3 is 2.50 bits per heavy atom. The topological polar surface area (TPSA) is 79.0 Å². The van der Waals surface area contributed by atoms with Gasteiger partial charge in [-0.2, -0.15) is 5.26 Å². The van der Waals surface area contributed by atoms with E-state index in [4.69, 9.17) is 4.74 Å². The minimum Gasteiger partial charge on any atom is -0.508 e. The minimum absolute atomic E-state index is 0.161. The van der Waals surface area contributed by atoms with Crippen LogP contribution < -0.4 is 4.74 Å². The average molecular weight is 315 g/mol. The highest BCUT2D eigenvalue weighted by molar-refractivity contribution is 5.89. The zero-order valence-electron chi connectivity index (χ0n) is 12.6. The molecule has 0 radical (unpaired) electrons. The van der Waals surface area contributed by atoms with Gasteiger partial charge in [0.25, 0.3) is 0 Å². The quantitative estimate of drug-likeness (QED) is 0.580. The maximum Gasteiger partial charge on any atom is 0.321 e. The number of nitriles is 1. The Labute approximate surface area is 139 Å². The Morgan fingerprint density at radius 1 is 1.04 bits per heavy atom. The SMILES string of the molecule is N#C/C(=C\c1cccc(Oc2ncccn2)c1)c1ccc(O)cc1. The molecular formula is C19H13N3O2. The normalized spacial score (nSPS) is 10.9. The van der Waals surface area contributed by atoms with Crippen molar-refractivity contribution in [2.45, 2.75) is 0 Å². The van der Waals surface area contributed by atoms with Gasteiger partial charge in [-0.25, -0.2) is 9.97 Å². The molecular weight excluding hydrogens is 302 g/mol. The molecule has 0 saturated heterocycles. The summed E-state index contributed by atoms with van der Waals surface area (Å²) in [6.07, 6.45) is 4.96. The molecule has 0 aliphatic carbocycles. The van der Waals surface area contributed by atoms with Crippen LogP contribution in [0.25, 0.3) is 11.6 Å². The van der Waals surface area contributed by atoms with E-state index in [1.165, 1.54) is 0 Å². The highest BCUT2D eigenvalue weighted by atomic mass is 16.5. The van der Waals surface area contributed by atoms with Gasteiger partial charge >= 0.3 is 6.01 Å². The summed E-state index contributed by atoms with van der Waals surface area (Å²) in [5, 5.41) is 18.7. The van der Waals surface area contributed by atoms with Crippen LogP contribution in [-0.2, 0) is 0 Å². The van der Waals surface area contributed by atoms with Crippen molar-refractivity contribution >= 4 is 11.6 Å². The molecule has 5 heteroatoms. The summed E-state index contributed by atoms with van der Waals surface area (Å²) in [6, 6.07) is 17.9. The van der Waals surface area contributed by atoms with Crippen LogP contribution in [-0.4, -0.2) is 15.1 Å². The molecule has 1 aromatic heterocycles. The number of allylic oxidation sites excluding steroid dienone is 1. The lowest BCUT2D eigenvalue weighted by atomic mass is 10.0. The first kappa shape index (κ1) is 15.3. The number of aromatic hydroxyl groups is 1.